The lowest BCUT2D eigenvalue weighted by atomic mass is 9.90. The van der Waals surface area contributed by atoms with Gasteiger partial charge in [0.1, 0.15) is 5.75 Å². The van der Waals surface area contributed by atoms with E-state index in [-0.39, 0.29) is 17.6 Å². The number of ketones is 1. The molecule has 2 aromatic rings. The van der Waals surface area contributed by atoms with E-state index in [1.165, 1.54) is 0 Å². The summed E-state index contributed by atoms with van der Waals surface area (Å²) in [6.45, 7) is 2.23. The third-order valence-corrected chi connectivity index (χ3v) is 4.97. The topological polar surface area (TPSA) is 58.6 Å². The number of benzene rings is 2. The lowest BCUT2D eigenvalue weighted by molar-refractivity contribution is -0.122. The largest absolute Gasteiger partial charge is 0.496 e. The van der Waals surface area contributed by atoms with Crippen molar-refractivity contribution in [3.8, 4) is 5.75 Å². The monoisotopic (exact) mass is 366 g/mol. The molecule has 0 aliphatic carbocycles. The van der Waals surface area contributed by atoms with Crippen molar-refractivity contribution in [1.29, 1.82) is 0 Å². The van der Waals surface area contributed by atoms with Gasteiger partial charge in [0.25, 0.3) is 0 Å². The van der Waals surface area contributed by atoms with Crippen LogP contribution in [0, 0.1) is 5.92 Å². The second-order valence-corrected chi connectivity index (χ2v) is 6.89. The normalized spacial score (nSPS) is 17.3. The van der Waals surface area contributed by atoms with Gasteiger partial charge in [-0.3, -0.25) is 14.5 Å². The molecule has 2 aromatic carbocycles. The average Bonchev–Trinajstić information content (AvgIpc) is 2.72. The van der Waals surface area contributed by atoms with Crippen LogP contribution in [-0.4, -0.2) is 43.3 Å². The Hall–Kier alpha value is -2.66. The van der Waals surface area contributed by atoms with E-state index in [0.29, 0.717) is 19.6 Å². The van der Waals surface area contributed by atoms with Crippen LogP contribution in [0.4, 0.5) is 0 Å². The maximum Gasteiger partial charge on any atom is 0.234 e. The lowest BCUT2D eigenvalue weighted by Crippen LogP contribution is -2.44. The summed E-state index contributed by atoms with van der Waals surface area (Å²) in [5, 5.41) is 2.95. The van der Waals surface area contributed by atoms with Gasteiger partial charge in [-0.25, -0.2) is 0 Å². The number of nitrogens with zero attached hydrogens (tertiary/aromatic N) is 1. The molecule has 1 heterocycles. The lowest BCUT2D eigenvalue weighted by Gasteiger charge is -2.31. The molecule has 0 saturated carbocycles. The zero-order valence-electron chi connectivity index (χ0n) is 15.7. The van der Waals surface area contributed by atoms with Crippen LogP contribution >= 0.6 is 0 Å². The summed E-state index contributed by atoms with van der Waals surface area (Å²) in [5.41, 5.74) is 1.70. The van der Waals surface area contributed by atoms with Gasteiger partial charge in [0.2, 0.25) is 5.91 Å². The standard InChI is InChI=1S/C22H26N2O3/c1-27-20-12-6-5-10-18(20)14-23-21(25)16-24-13-7-11-19(15-24)22(26)17-8-3-2-4-9-17/h2-6,8-10,12,19H,7,11,13-16H2,1H3,(H,23,25)/t19-/m0/s1. The van der Waals surface area contributed by atoms with Crippen LogP contribution in [0.2, 0.25) is 0 Å². The second kappa shape index (κ2) is 9.33. The number of rotatable bonds is 7. The Morgan fingerprint density at radius 2 is 1.85 bits per heavy atom. The number of carbonyl (C=O) groups excluding carboxylic acids is 2. The van der Waals surface area contributed by atoms with E-state index in [9.17, 15) is 9.59 Å². The highest BCUT2D eigenvalue weighted by Gasteiger charge is 2.27. The number of para-hydroxylation sites is 1. The van der Waals surface area contributed by atoms with Crippen LogP contribution in [0.15, 0.2) is 54.6 Å². The van der Waals surface area contributed by atoms with E-state index in [2.05, 4.69) is 10.2 Å². The third-order valence-electron chi connectivity index (χ3n) is 4.97. The summed E-state index contributed by atoms with van der Waals surface area (Å²) < 4.78 is 5.31. The quantitative estimate of drug-likeness (QED) is 0.766. The zero-order chi connectivity index (χ0) is 19.1. The summed E-state index contributed by atoms with van der Waals surface area (Å²) in [4.78, 5) is 27.1. The molecule has 0 radical (unpaired) electrons. The van der Waals surface area contributed by atoms with Gasteiger partial charge in [-0.2, -0.15) is 0 Å². The van der Waals surface area contributed by atoms with Crippen LogP contribution in [0.25, 0.3) is 0 Å². The van der Waals surface area contributed by atoms with Gasteiger partial charge in [0.15, 0.2) is 5.78 Å². The molecular formula is C22H26N2O3. The number of hydrogen-bond acceptors (Lipinski definition) is 4. The third kappa shape index (κ3) is 5.17. The molecule has 0 unspecified atom stereocenters. The van der Waals surface area contributed by atoms with E-state index in [0.717, 1.165) is 36.3 Å². The van der Waals surface area contributed by atoms with E-state index >= 15 is 0 Å². The fourth-order valence-electron chi connectivity index (χ4n) is 3.55. The minimum Gasteiger partial charge on any atom is -0.496 e. The molecular weight excluding hydrogens is 340 g/mol. The fraction of sp³-hybridized carbons (Fsp3) is 0.364. The first-order valence-corrected chi connectivity index (χ1v) is 9.37. The first kappa shape index (κ1) is 19.1. The van der Waals surface area contributed by atoms with Crippen LogP contribution in [-0.2, 0) is 11.3 Å². The molecule has 142 valence electrons. The smallest absolute Gasteiger partial charge is 0.234 e. The summed E-state index contributed by atoms with van der Waals surface area (Å²) in [6.07, 6.45) is 1.82. The van der Waals surface area contributed by atoms with Crippen molar-refractivity contribution < 1.29 is 14.3 Å². The zero-order valence-corrected chi connectivity index (χ0v) is 15.7. The molecule has 0 aromatic heterocycles. The van der Waals surface area contributed by atoms with Gasteiger partial charge in [-0.15, -0.1) is 0 Å². The first-order valence-electron chi connectivity index (χ1n) is 9.37. The van der Waals surface area contributed by atoms with Gasteiger partial charge < -0.3 is 10.1 Å². The number of ether oxygens (including phenoxy) is 1. The minimum absolute atomic E-state index is 0.0336. The van der Waals surface area contributed by atoms with Gasteiger partial charge in [0.05, 0.1) is 13.7 Å². The van der Waals surface area contributed by atoms with Crippen molar-refractivity contribution in [3.63, 3.8) is 0 Å². The number of amides is 1. The Kier molecular flexibility index (Phi) is 6.60. The summed E-state index contributed by atoms with van der Waals surface area (Å²) in [7, 11) is 1.62. The summed E-state index contributed by atoms with van der Waals surface area (Å²) in [6, 6.07) is 17.1. The number of nitrogens with one attached hydrogen (secondary N) is 1. The average molecular weight is 366 g/mol. The first-order chi connectivity index (χ1) is 13.2. The predicted molar refractivity (Wildman–Crippen MR) is 105 cm³/mol. The molecule has 0 bridgehead atoms. The van der Waals surface area contributed by atoms with Gasteiger partial charge >= 0.3 is 0 Å². The molecule has 1 aliphatic heterocycles. The highest BCUT2D eigenvalue weighted by atomic mass is 16.5. The molecule has 3 rings (SSSR count). The van der Waals surface area contributed by atoms with Crippen LogP contribution < -0.4 is 10.1 Å². The maximum atomic E-state index is 12.7. The molecule has 0 spiro atoms. The number of likely N-dealkylation sites (tertiary alicyclic amines) is 1. The van der Waals surface area contributed by atoms with E-state index in [4.69, 9.17) is 4.74 Å². The highest BCUT2D eigenvalue weighted by Crippen LogP contribution is 2.21. The van der Waals surface area contributed by atoms with Crippen LogP contribution in [0.5, 0.6) is 5.75 Å². The second-order valence-electron chi connectivity index (χ2n) is 6.89. The molecule has 1 fully saturated rings. The van der Waals surface area contributed by atoms with Gasteiger partial charge in [-0.05, 0) is 25.5 Å². The Labute approximate surface area is 160 Å². The molecule has 1 saturated heterocycles. The fourth-order valence-corrected chi connectivity index (χ4v) is 3.55. The summed E-state index contributed by atoms with van der Waals surface area (Å²) >= 11 is 0. The number of methoxy groups -OCH3 is 1. The van der Waals surface area contributed by atoms with Gasteiger partial charge in [0, 0.05) is 30.1 Å². The van der Waals surface area contributed by atoms with Crippen LogP contribution in [0.1, 0.15) is 28.8 Å². The molecule has 5 heteroatoms. The molecule has 1 N–H and O–H groups in total. The molecule has 1 atom stereocenters. The number of piperidine rings is 1. The van der Waals surface area contributed by atoms with E-state index in [1.54, 1.807) is 7.11 Å². The summed E-state index contributed by atoms with van der Waals surface area (Å²) in [5.74, 6) is 0.871. The number of hydrogen-bond donors (Lipinski definition) is 1. The number of Topliss-reactive ketones (excluding diaryl/α,β-unsaturated/α-hetero) is 1. The molecule has 27 heavy (non-hydrogen) atoms. The van der Waals surface area contributed by atoms with E-state index in [1.807, 2.05) is 54.6 Å². The predicted octanol–water partition coefficient (Wildman–Crippen LogP) is 2.91. The van der Waals surface area contributed by atoms with Crippen molar-refractivity contribution in [3.05, 3.63) is 65.7 Å². The van der Waals surface area contributed by atoms with Crippen molar-refractivity contribution in [2.24, 2.45) is 5.92 Å². The van der Waals surface area contributed by atoms with Gasteiger partial charge in [-0.1, -0.05) is 48.5 Å². The SMILES string of the molecule is COc1ccccc1CNC(=O)CN1CCC[C@H](C(=O)c2ccccc2)C1. The molecule has 1 amide bonds. The number of carbonyl (C=O) groups is 2. The Morgan fingerprint density at radius 3 is 2.63 bits per heavy atom. The van der Waals surface area contributed by atoms with Crippen molar-refractivity contribution in [2.45, 2.75) is 19.4 Å². The minimum atomic E-state index is -0.0387. The van der Waals surface area contributed by atoms with Crippen molar-refractivity contribution in [2.75, 3.05) is 26.7 Å². The Bertz CT molecular complexity index is 776. The molecule has 1 aliphatic rings. The Balaban J connectivity index is 1.51. The van der Waals surface area contributed by atoms with E-state index < -0.39 is 0 Å². The maximum absolute atomic E-state index is 12.7. The van der Waals surface area contributed by atoms with Crippen molar-refractivity contribution >= 4 is 11.7 Å². The molecule has 5 nitrogen and oxygen atoms in total. The highest BCUT2D eigenvalue weighted by molar-refractivity contribution is 5.98. The van der Waals surface area contributed by atoms with Crippen LogP contribution in [0.3, 0.4) is 0 Å². The van der Waals surface area contributed by atoms with Crippen molar-refractivity contribution in [1.82, 2.24) is 10.2 Å². The Morgan fingerprint density at radius 1 is 1.11 bits per heavy atom.